The van der Waals surface area contributed by atoms with Crippen molar-refractivity contribution in [3.8, 4) is 11.5 Å². The van der Waals surface area contributed by atoms with Crippen LogP contribution in [-0.4, -0.2) is 25.7 Å². The van der Waals surface area contributed by atoms with Crippen LogP contribution in [0.25, 0.3) is 0 Å². The number of ether oxygens (including phenoxy) is 2. The third-order valence-corrected chi connectivity index (χ3v) is 3.73. The summed E-state index contributed by atoms with van der Waals surface area (Å²) in [7, 11) is 0. The van der Waals surface area contributed by atoms with Crippen LogP contribution in [0.1, 0.15) is 5.56 Å². The molecule has 0 bridgehead atoms. The largest absolute Gasteiger partial charge is 0.483 e. The Hall–Kier alpha value is -2.15. The van der Waals surface area contributed by atoms with E-state index in [1.54, 1.807) is 18.2 Å². The van der Waals surface area contributed by atoms with Crippen molar-refractivity contribution in [3.63, 3.8) is 0 Å². The van der Waals surface area contributed by atoms with Crippen molar-refractivity contribution in [3.05, 3.63) is 58.6 Å². The summed E-state index contributed by atoms with van der Waals surface area (Å²) in [5.74, 6) is 0.477. The van der Waals surface area contributed by atoms with Gasteiger partial charge in [0.1, 0.15) is 11.5 Å². The number of alkyl halides is 2. The highest BCUT2D eigenvalue weighted by molar-refractivity contribution is 9.10. The smallest absolute Gasteiger partial charge is 0.387 e. The maximum atomic E-state index is 12.0. The monoisotopic (exact) mass is 399 g/mol. The molecule has 0 aromatic heterocycles. The summed E-state index contributed by atoms with van der Waals surface area (Å²) in [5.41, 5.74) is 0.906. The number of rotatable bonds is 8. The van der Waals surface area contributed by atoms with E-state index in [4.69, 9.17) is 4.74 Å². The lowest BCUT2D eigenvalue weighted by Gasteiger charge is -2.09. The molecule has 0 fully saturated rings. The summed E-state index contributed by atoms with van der Waals surface area (Å²) in [6.45, 7) is -2.49. The van der Waals surface area contributed by atoms with Crippen molar-refractivity contribution < 1.29 is 23.0 Å². The molecule has 0 atom stereocenters. The van der Waals surface area contributed by atoms with Crippen LogP contribution in [0.4, 0.5) is 8.78 Å². The Bertz CT molecular complexity index is 665. The zero-order valence-electron chi connectivity index (χ0n) is 12.7. The third kappa shape index (κ3) is 6.16. The molecule has 0 aliphatic carbocycles. The van der Waals surface area contributed by atoms with E-state index in [-0.39, 0.29) is 18.3 Å². The van der Waals surface area contributed by atoms with Gasteiger partial charge in [-0.25, -0.2) is 0 Å². The second-order valence-electron chi connectivity index (χ2n) is 4.84. The van der Waals surface area contributed by atoms with E-state index in [0.717, 1.165) is 10.0 Å². The fourth-order valence-electron chi connectivity index (χ4n) is 1.94. The summed E-state index contributed by atoms with van der Waals surface area (Å²) in [5, 5.41) is 2.74. The maximum absolute atomic E-state index is 12.0. The van der Waals surface area contributed by atoms with E-state index in [0.29, 0.717) is 18.7 Å². The van der Waals surface area contributed by atoms with Gasteiger partial charge in [0, 0.05) is 6.54 Å². The van der Waals surface area contributed by atoms with Gasteiger partial charge < -0.3 is 14.8 Å². The minimum Gasteiger partial charge on any atom is -0.483 e. The van der Waals surface area contributed by atoms with Gasteiger partial charge in [-0.1, -0.05) is 24.3 Å². The highest BCUT2D eigenvalue weighted by atomic mass is 79.9. The van der Waals surface area contributed by atoms with Gasteiger partial charge in [0.25, 0.3) is 5.91 Å². The number of para-hydroxylation sites is 1. The van der Waals surface area contributed by atoms with Crippen LogP contribution in [0.5, 0.6) is 11.5 Å². The average molecular weight is 400 g/mol. The molecule has 7 heteroatoms. The predicted molar refractivity (Wildman–Crippen MR) is 89.4 cm³/mol. The molecule has 0 spiro atoms. The zero-order chi connectivity index (χ0) is 17.4. The zero-order valence-corrected chi connectivity index (χ0v) is 14.3. The molecule has 0 saturated carbocycles. The van der Waals surface area contributed by atoms with Gasteiger partial charge in [-0.05, 0) is 52.2 Å². The SMILES string of the molecule is O=C(COc1ccccc1Br)NCCc1ccc(OC(F)F)cc1. The first kappa shape index (κ1) is 18.2. The van der Waals surface area contributed by atoms with Crippen LogP contribution in [-0.2, 0) is 11.2 Å². The minimum absolute atomic E-state index is 0.0796. The number of benzene rings is 2. The molecule has 0 heterocycles. The third-order valence-electron chi connectivity index (χ3n) is 3.08. The molecule has 0 radical (unpaired) electrons. The first-order valence-corrected chi connectivity index (χ1v) is 8.01. The molecule has 0 aliphatic heterocycles. The summed E-state index contributed by atoms with van der Waals surface area (Å²) in [6.07, 6.45) is 0.579. The second-order valence-corrected chi connectivity index (χ2v) is 5.70. The Morgan fingerprint density at radius 1 is 1.12 bits per heavy atom. The van der Waals surface area contributed by atoms with E-state index in [1.807, 2.05) is 18.2 Å². The van der Waals surface area contributed by atoms with Crippen molar-refractivity contribution >= 4 is 21.8 Å². The summed E-state index contributed by atoms with van der Waals surface area (Å²) >= 11 is 3.34. The maximum Gasteiger partial charge on any atom is 0.387 e. The lowest BCUT2D eigenvalue weighted by molar-refractivity contribution is -0.123. The first-order valence-electron chi connectivity index (χ1n) is 7.22. The van der Waals surface area contributed by atoms with E-state index < -0.39 is 6.61 Å². The summed E-state index contributed by atoms with van der Waals surface area (Å²) in [4.78, 5) is 11.7. The minimum atomic E-state index is -2.83. The number of hydrogen-bond donors (Lipinski definition) is 1. The normalized spacial score (nSPS) is 10.5. The van der Waals surface area contributed by atoms with Crippen molar-refractivity contribution in [1.29, 1.82) is 0 Å². The van der Waals surface area contributed by atoms with E-state index in [2.05, 4.69) is 26.0 Å². The molecule has 0 aliphatic rings. The first-order chi connectivity index (χ1) is 11.5. The van der Waals surface area contributed by atoms with Crippen LogP contribution in [0.3, 0.4) is 0 Å². The molecule has 1 N–H and O–H groups in total. The van der Waals surface area contributed by atoms with Crippen LogP contribution in [0.2, 0.25) is 0 Å². The van der Waals surface area contributed by atoms with Crippen LogP contribution < -0.4 is 14.8 Å². The van der Waals surface area contributed by atoms with Gasteiger partial charge in [0.2, 0.25) is 0 Å². The number of carbonyl (C=O) groups is 1. The molecule has 24 heavy (non-hydrogen) atoms. The fourth-order valence-corrected chi connectivity index (χ4v) is 2.34. The lowest BCUT2D eigenvalue weighted by atomic mass is 10.1. The molecule has 128 valence electrons. The van der Waals surface area contributed by atoms with Crippen LogP contribution in [0, 0.1) is 0 Å². The Kier molecular flexibility index (Phi) is 6.99. The van der Waals surface area contributed by atoms with Gasteiger partial charge in [-0.3, -0.25) is 4.79 Å². The highest BCUT2D eigenvalue weighted by Gasteiger charge is 2.06. The topological polar surface area (TPSA) is 47.6 Å². The standard InChI is InChI=1S/C17H16BrF2NO3/c18-14-3-1-2-4-15(14)23-11-16(22)21-10-9-12-5-7-13(8-6-12)24-17(19)20/h1-8,17H,9-11H2,(H,21,22). The molecular weight excluding hydrogens is 384 g/mol. The van der Waals surface area contributed by atoms with Gasteiger partial charge in [-0.15, -0.1) is 0 Å². The quantitative estimate of drug-likeness (QED) is 0.734. The fraction of sp³-hybridized carbons (Fsp3) is 0.235. The van der Waals surface area contributed by atoms with Crippen molar-refractivity contribution in [2.75, 3.05) is 13.2 Å². The van der Waals surface area contributed by atoms with Gasteiger partial charge in [0.15, 0.2) is 6.61 Å². The van der Waals surface area contributed by atoms with Gasteiger partial charge >= 0.3 is 6.61 Å². The van der Waals surface area contributed by atoms with Gasteiger partial charge in [-0.2, -0.15) is 8.78 Å². The Labute approximate surface area is 146 Å². The lowest BCUT2D eigenvalue weighted by Crippen LogP contribution is -2.30. The molecular formula is C17H16BrF2NO3. The highest BCUT2D eigenvalue weighted by Crippen LogP contribution is 2.23. The Morgan fingerprint density at radius 3 is 2.50 bits per heavy atom. The van der Waals surface area contributed by atoms with E-state index >= 15 is 0 Å². The van der Waals surface area contributed by atoms with E-state index in [1.165, 1.54) is 12.1 Å². The molecule has 1 amide bonds. The number of nitrogens with one attached hydrogen (secondary N) is 1. The Balaban J connectivity index is 1.70. The number of amides is 1. The average Bonchev–Trinajstić information content (AvgIpc) is 2.55. The number of carbonyl (C=O) groups excluding carboxylic acids is 1. The summed E-state index contributed by atoms with van der Waals surface area (Å²) in [6, 6.07) is 13.6. The molecule has 0 unspecified atom stereocenters. The van der Waals surface area contributed by atoms with Crippen LogP contribution >= 0.6 is 15.9 Å². The molecule has 4 nitrogen and oxygen atoms in total. The summed E-state index contributed by atoms with van der Waals surface area (Å²) < 4.78 is 34.6. The van der Waals surface area contributed by atoms with Crippen molar-refractivity contribution in [1.82, 2.24) is 5.32 Å². The van der Waals surface area contributed by atoms with Crippen LogP contribution in [0.15, 0.2) is 53.0 Å². The number of halogens is 3. The van der Waals surface area contributed by atoms with Gasteiger partial charge in [0.05, 0.1) is 4.47 Å². The Morgan fingerprint density at radius 2 is 1.83 bits per heavy atom. The molecule has 2 aromatic carbocycles. The van der Waals surface area contributed by atoms with Crippen molar-refractivity contribution in [2.24, 2.45) is 0 Å². The number of hydrogen-bond acceptors (Lipinski definition) is 3. The van der Waals surface area contributed by atoms with E-state index in [9.17, 15) is 13.6 Å². The second kappa shape index (κ2) is 9.22. The molecule has 2 rings (SSSR count). The molecule has 0 saturated heterocycles. The predicted octanol–water partition coefficient (Wildman–Crippen LogP) is 3.79. The molecule has 2 aromatic rings. The van der Waals surface area contributed by atoms with Crippen molar-refractivity contribution in [2.45, 2.75) is 13.0 Å².